The van der Waals surface area contributed by atoms with E-state index in [0.29, 0.717) is 22.8 Å². The van der Waals surface area contributed by atoms with Gasteiger partial charge in [-0.05, 0) is 42.8 Å². The summed E-state index contributed by atoms with van der Waals surface area (Å²) in [5, 5.41) is 16.9. The zero-order chi connectivity index (χ0) is 22.7. The number of para-hydroxylation sites is 1. The number of hydrogen-bond donors (Lipinski definition) is 0. The van der Waals surface area contributed by atoms with Gasteiger partial charge in [-0.3, -0.25) is 10.1 Å². The highest BCUT2D eigenvalue weighted by Gasteiger charge is 2.20. The molecule has 0 amide bonds. The van der Waals surface area contributed by atoms with Crippen LogP contribution < -0.4 is 4.74 Å². The molecule has 0 saturated carbocycles. The Morgan fingerprint density at radius 1 is 1.03 bits per heavy atom. The second kappa shape index (κ2) is 8.89. The Hall–Kier alpha value is -4.20. The van der Waals surface area contributed by atoms with Gasteiger partial charge in [0.15, 0.2) is 0 Å². The number of carbonyl (C=O) groups is 1. The molecule has 0 atom stereocenters. The summed E-state index contributed by atoms with van der Waals surface area (Å²) in [6, 6.07) is 17.2. The first-order valence-corrected chi connectivity index (χ1v) is 9.91. The molecule has 3 aromatic carbocycles. The van der Waals surface area contributed by atoms with Crippen LogP contribution in [0.2, 0.25) is 0 Å². The van der Waals surface area contributed by atoms with E-state index >= 15 is 0 Å². The van der Waals surface area contributed by atoms with E-state index in [1.807, 2.05) is 31.2 Å². The molecule has 4 aromatic rings. The Morgan fingerprint density at radius 3 is 2.41 bits per heavy atom. The smallest absolute Gasteiger partial charge is 0.342 e. The molecule has 0 aliphatic rings. The third kappa shape index (κ3) is 4.29. The van der Waals surface area contributed by atoms with Crippen LogP contribution in [0.25, 0.3) is 10.8 Å². The van der Waals surface area contributed by atoms with Crippen molar-refractivity contribution < 1.29 is 23.7 Å². The molecule has 8 nitrogen and oxygen atoms in total. The summed E-state index contributed by atoms with van der Waals surface area (Å²) in [7, 11) is 0. The molecule has 1 aromatic heterocycles. The average Bonchev–Trinajstić information content (AvgIpc) is 3.12. The molecule has 0 bridgehead atoms. The van der Waals surface area contributed by atoms with Crippen molar-refractivity contribution >= 4 is 22.4 Å². The molecular weight excluding hydrogens is 412 g/mol. The fraction of sp³-hybridized carbons (Fsp3) is 0.167. The van der Waals surface area contributed by atoms with Crippen LogP contribution >= 0.6 is 0 Å². The summed E-state index contributed by atoms with van der Waals surface area (Å²) < 4.78 is 16.6. The first-order chi connectivity index (χ1) is 15.4. The van der Waals surface area contributed by atoms with Gasteiger partial charge < -0.3 is 14.0 Å². The van der Waals surface area contributed by atoms with Crippen molar-refractivity contribution in [2.45, 2.75) is 27.1 Å². The molecule has 4 rings (SSSR count). The van der Waals surface area contributed by atoms with Gasteiger partial charge in [0, 0.05) is 6.07 Å². The Bertz CT molecular complexity index is 1290. The number of aromatic nitrogens is 1. The van der Waals surface area contributed by atoms with Crippen molar-refractivity contribution in [2.75, 3.05) is 0 Å². The van der Waals surface area contributed by atoms with Crippen molar-refractivity contribution in [2.24, 2.45) is 0 Å². The highest BCUT2D eigenvalue weighted by molar-refractivity contribution is 5.98. The molecule has 0 fully saturated rings. The minimum Gasteiger partial charge on any atom is -0.488 e. The number of carbonyl (C=O) groups excluding carboxylic acids is 1. The topological polar surface area (TPSA) is 105 Å². The third-order valence-electron chi connectivity index (χ3n) is 5.17. The van der Waals surface area contributed by atoms with Gasteiger partial charge in [-0.25, -0.2) is 4.79 Å². The number of hydrogen-bond acceptors (Lipinski definition) is 7. The fourth-order valence-electron chi connectivity index (χ4n) is 3.39. The Labute approximate surface area is 183 Å². The van der Waals surface area contributed by atoms with E-state index in [0.717, 1.165) is 16.3 Å². The average molecular weight is 432 g/mol. The van der Waals surface area contributed by atoms with Gasteiger partial charge in [0.05, 0.1) is 21.7 Å². The van der Waals surface area contributed by atoms with E-state index in [9.17, 15) is 14.9 Å². The van der Waals surface area contributed by atoms with Crippen molar-refractivity contribution in [3.05, 3.63) is 98.9 Å². The summed E-state index contributed by atoms with van der Waals surface area (Å²) in [4.78, 5) is 23.7. The van der Waals surface area contributed by atoms with Gasteiger partial charge in [0.25, 0.3) is 5.69 Å². The normalized spacial score (nSPS) is 10.8. The van der Waals surface area contributed by atoms with Gasteiger partial charge in [0.1, 0.15) is 30.3 Å². The molecule has 1 heterocycles. The maximum atomic E-state index is 13.0. The zero-order valence-electron chi connectivity index (χ0n) is 17.5. The number of nitro benzene ring substituents is 1. The minimum absolute atomic E-state index is 0.103. The second-order valence-corrected chi connectivity index (χ2v) is 7.25. The highest BCUT2D eigenvalue weighted by Crippen LogP contribution is 2.29. The highest BCUT2D eigenvalue weighted by atomic mass is 16.6. The number of nitrogens with zero attached hydrogens (tertiary/aromatic N) is 2. The van der Waals surface area contributed by atoms with Gasteiger partial charge in [-0.15, -0.1) is 0 Å². The van der Waals surface area contributed by atoms with Crippen molar-refractivity contribution in [3.8, 4) is 5.75 Å². The summed E-state index contributed by atoms with van der Waals surface area (Å²) in [6.45, 7) is 3.55. The lowest BCUT2D eigenvalue weighted by Crippen LogP contribution is -2.09. The number of aryl methyl sites for hydroxylation is 2. The van der Waals surface area contributed by atoms with Gasteiger partial charge in [0.2, 0.25) is 0 Å². The molecule has 162 valence electrons. The Kier molecular flexibility index (Phi) is 5.85. The van der Waals surface area contributed by atoms with Crippen LogP contribution in [-0.4, -0.2) is 16.0 Å². The van der Waals surface area contributed by atoms with Gasteiger partial charge >= 0.3 is 5.97 Å². The second-order valence-electron chi connectivity index (χ2n) is 7.25. The fourth-order valence-corrected chi connectivity index (χ4v) is 3.39. The van der Waals surface area contributed by atoms with Crippen LogP contribution in [0.5, 0.6) is 5.75 Å². The summed E-state index contributed by atoms with van der Waals surface area (Å²) >= 11 is 0. The van der Waals surface area contributed by atoms with E-state index in [1.165, 1.54) is 6.07 Å². The predicted octanol–water partition coefficient (Wildman–Crippen LogP) is 5.29. The first kappa shape index (κ1) is 21.0. The van der Waals surface area contributed by atoms with Gasteiger partial charge in [-0.1, -0.05) is 41.6 Å². The number of nitro groups is 1. The van der Waals surface area contributed by atoms with Crippen LogP contribution in [0, 0.1) is 24.0 Å². The van der Waals surface area contributed by atoms with E-state index in [2.05, 4.69) is 5.16 Å². The maximum Gasteiger partial charge on any atom is 0.342 e. The number of esters is 1. The summed E-state index contributed by atoms with van der Waals surface area (Å²) in [6.07, 6.45) is 0. The molecule has 32 heavy (non-hydrogen) atoms. The molecule has 0 unspecified atom stereocenters. The van der Waals surface area contributed by atoms with Crippen LogP contribution in [-0.2, 0) is 18.0 Å². The van der Waals surface area contributed by atoms with Crippen LogP contribution in [0.3, 0.4) is 0 Å². The lowest BCUT2D eigenvalue weighted by molar-refractivity contribution is -0.385. The SMILES string of the molecule is Cc1noc(C)c1COc1cc2ccccc2cc1C(=O)OCc1ccccc1[N+](=O)[O-]. The van der Waals surface area contributed by atoms with Gasteiger partial charge in [-0.2, -0.15) is 0 Å². The van der Waals surface area contributed by atoms with E-state index in [1.54, 1.807) is 37.3 Å². The molecule has 0 saturated heterocycles. The largest absolute Gasteiger partial charge is 0.488 e. The quantitative estimate of drug-likeness (QED) is 0.222. The molecule has 0 spiro atoms. The van der Waals surface area contributed by atoms with Crippen molar-refractivity contribution in [3.63, 3.8) is 0 Å². The van der Waals surface area contributed by atoms with Crippen molar-refractivity contribution in [1.29, 1.82) is 0 Å². The molecule has 8 heteroatoms. The molecule has 0 radical (unpaired) electrons. The molecule has 0 aliphatic heterocycles. The number of benzene rings is 3. The maximum absolute atomic E-state index is 13.0. The van der Waals surface area contributed by atoms with Crippen LogP contribution in [0.1, 0.15) is 32.9 Å². The number of fused-ring (bicyclic) bond motifs is 1. The number of ether oxygens (including phenoxy) is 2. The monoisotopic (exact) mass is 432 g/mol. The third-order valence-corrected chi connectivity index (χ3v) is 5.17. The predicted molar refractivity (Wildman–Crippen MR) is 116 cm³/mol. The van der Waals surface area contributed by atoms with E-state index < -0.39 is 10.9 Å². The molecule has 0 aliphatic carbocycles. The summed E-state index contributed by atoms with van der Waals surface area (Å²) in [5.41, 5.74) is 1.95. The standard InChI is InChI=1S/C24H20N2O6/c1-15-21(16(2)32-25-15)14-30-23-12-18-8-4-3-7-17(18)11-20(23)24(27)31-13-19-9-5-6-10-22(19)26(28)29/h3-12H,13-14H2,1-2H3. The molecule has 0 N–H and O–H groups in total. The Morgan fingerprint density at radius 2 is 1.72 bits per heavy atom. The van der Waals surface area contributed by atoms with Crippen LogP contribution in [0.15, 0.2) is 65.2 Å². The Balaban J connectivity index is 1.62. The lowest BCUT2D eigenvalue weighted by Gasteiger charge is -2.13. The zero-order valence-corrected chi connectivity index (χ0v) is 17.5. The summed E-state index contributed by atoms with van der Waals surface area (Å²) in [5.74, 6) is 0.350. The lowest BCUT2D eigenvalue weighted by atomic mass is 10.1. The van der Waals surface area contributed by atoms with Crippen LogP contribution in [0.4, 0.5) is 5.69 Å². The van der Waals surface area contributed by atoms with E-state index in [-0.39, 0.29) is 24.5 Å². The molecular formula is C24H20N2O6. The first-order valence-electron chi connectivity index (χ1n) is 9.91. The number of rotatable bonds is 7. The van der Waals surface area contributed by atoms with Crippen molar-refractivity contribution in [1.82, 2.24) is 5.16 Å². The van der Waals surface area contributed by atoms with E-state index in [4.69, 9.17) is 14.0 Å². The minimum atomic E-state index is -0.636.